The van der Waals surface area contributed by atoms with Gasteiger partial charge in [0.2, 0.25) is 15.9 Å². The highest BCUT2D eigenvalue weighted by molar-refractivity contribution is 7.92. The van der Waals surface area contributed by atoms with Crippen LogP contribution in [0, 0.1) is 5.82 Å². The van der Waals surface area contributed by atoms with E-state index in [9.17, 15) is 17.6 Å². The molecule has 0 radical (unpaired) electrons. The van der Waals surface area contributed by atoms with Crippen molar-refractivity contribution in [3.05, 3.63) is 29.0 Å². The first-order valence-electron chi connectivity index (χ1n) is 8.46. The van der Waals surface area contributed by atoms with Gasteiger partial charge in [-0.15, -0.1) is 0 Å². The van der Waals surface area contributed by atoms with Gasteiger partial charge in [-0.2, -0.15) is 0 Å². The second kappa shape index (κ2) is 8.36. The Bertz CT molecular complexity index is 727. The molecule has 1 saturated heterocycles. The molecule has 8 heteroatoms. The van der Waals surface area contributed by atoms with Gasteiger partial charge >= 0.3 is 0 Å². The predicted octanol–water partition coefficient (Wildman–Crippen LogP) is 3.43. The summed E-state index contributed by atoms with van der Waals surface area (Å²) in [6.45, 7) is 2.78. The first kappa shape index (κ1) is 20.0. The molecule has 0 saturated carbocycles. The fourth-order valence-electron chi connectivity index (χ4n) is 3.22. The number of benzene rings is 1. The van der Waals surface area contributed by atoms with Crippen LogP contribution in [0.15, 0.2) is 18.2 Å². The first-order valence-corrected chi connectivity index (χ1v) is 10.7. The van der Waals surface area contributed by atoms with Gasteiger partial charge in [0, 0.05) is 25.6 Å². The van der Waals surface area contributed by atoms with Gasteiger partial charge in [0.05, 0.1) is 17.0 Å². The van der Waals surface area contributed by atoms with Crippen LogP contribution < -0.4 is 4.31 Å². The molecule has 1 atom stereocenters. The summed E-state index contributed by atoms with van der Waals surface area (Å²) in [6.07, 6.45) is 5.13. The molecule has 1 aliphatic heterocycles. The van der Waals surface area contributed by atoms with E-state index in [4.69, 9.17) is 11.6 Å². The summed E-state index contributed by atoms with van der Waals surface area (Å²) in [5, 5.41) is -0.153. The minimum atomic E-state index is -3.61. The second-order valence-corrected chi connectivity index (χ2v) is 8.64. The van der Waals surface area contributed by atoms with Gasteiger partial charge in [-0.05, 0) is 43.9 Å². The van der Waals surface area contributed by atoms with Crippen molar-refractivity contribution in [1.82, 2.24) is 4.90 Å². The maximum atomic E-state index is 13.3. The van der Waals surface area contributed by atoms with Gasteiger partial charge in [0.25, 0.3) is 0 Å². The van der Waals surface area contributed by atoms with E-state index in [1.54, 1.807) is 0 Å². The van der Waals surface area contributed by atoms with E-state index in [0.717, 1.165) is 48.9 Å². The average Bonchev–Trinajstić information content (AvgIpc) is 2.56. The third kappa shape index (κ3) is 5.07. The number of carbonyl (C=O) groups excluding carboxylic acids is 1. The standard InChI is InChI=1S/C17H24ClFN2O3S/c1-3-13-6-4-5-10-20(13)17(22)9-11-21(25(2,23)24)14-7-8-16(19)15(18)12-14/h7-8,12-13H,3-6,9-11H2,1-2H3. The first-order chi connectivity index (χ1) is 11.7. The number of rotatable bonds is 6. The van der Waals surface area contributed by atoms with Gasteiger partial charge in [-0.1, -0.05) is 18.5 Å². The molecule has 1 amide bonds. The van der Waals surface area contributed by atoms with Crippen molar-refractivity contribution in [3.63, 3.8) is 0 Å². The van der Waals surface area contributed by atoms with Crippen molar-refractivity contribution in [2.75, 3.05) is 23.7 Å². The van der Waals surface area contributed by atoms with Crippen molar-refractivity contribution in [2.45, 2.75) is 45.1 Å². The van der Waals surface area contributed by atoms with Gasteiger partial charge in [0.15, 0.2) is 0 Å². The van der Waals surface area contributed by atoms with Crippen molar-refractivity contribution in [2.24, 2.45) is 0 Å². The Morgan fingerprint density at radius 1 is 1.40 bits per heavy atom. The third-order valence-electron chi connectivity index (χ3n) is 4.54. The van der Waals surface area contributed by atoms with Crippen LogP contribution in [0.4, 0.5) is 10.1 Å². The molecule has 25 heavy (non-hydrogen) atoms. The zero-order chi connectivity index (χ0) is 18.6. The summed E-state index contributed by atoms with van der Waals surface area (Å²) >= 11 is 5.76. The number of piperidine rings is 1. The molecule has 0 N–H and O–H groups in total. The second-order valence-electron chi connectivity index (χ2n) is 6.33. The van der Waals surface area contributed by atoms with Crippen LogP contribution in [0.1, 0.15) is 39.0 Å². The average molecular weight is 391 g/mol. The lowest BCUT2D eigenvalue weighted by atomic mass is 9.99. The van der Waals surface area contributed by atoms with E-state index >= 15 is 0 Å². The van der Waals surface area contributed by atoms with Crippen LogP contribution >= 0.6 is 11.6 Å². The largest absolute Gasteiger partial charge is 0.340 e. The minimum absolute atomic E-state index is 0.00651. The van der Waals surface area contributed by atoms with Gasteiger partial charge in [-0.3, -0.25) is 9.10 Å². The molecule has 1 unspecified atom stereocenters. The lowest BCUT2D eigenvalue weighted by Gasteiger charge is -2.36. The van der Waals surface area contributed by atoms with E-state index in [0.29, 0.717) is 0 Å². The molecule has 5 nitrogen and oxygen atoms in total. The Morgan fingerprint density at radius 2 is 2.12 bits per heavy atom. The van der Waals surface area contributed by atoms with Crippen molar-refractivity contribution < 1.29 is 17.6 Å². The molecule has 140 valence electrons. The van der Waals surface area contributed by atoms with E-state index in [2.05, 4.69) is 6.92 Å². The normalized spacial score (nSPS) is 18.2. The van der Waals surface area contributed by atoms with Gasteiger partial charge in [0.1, 0.15) is 5.82 Å². The van der Waals surface area contributed by atoms with Crippen molar-refractivity contribution in [1.29, 1.82) is 0 Å². The van der Waals surface area contributed by atoms with Crippen LogP contribution in [-0.2, 0) is 14.8 Å². The fraction of sp³-hybridized carbons (Fsp3) is 0.588. The summed E-state index contributed by atoms with van der Waals surface area (Å²) in [4.78, 5) is 14.4. The molecule has 2 rings (SSSR count). The highest BCUT2D eigenvalue weighted by Crippen LogP contribution is 2.25. The molecule has 1 aromatic carbocycles. The Balaban J connectivity index is 2.12. The van der Waals surface area contributed by atoms with Crippen molar-refractivity contribution >= 4 is 33.2 Å². The van der Waals surface area contributed by atoms with Crippen LogP contribution in [0.3, 0.4) is 0 Å². The maximum Gasteiger partial charge on any atom is 0.232 e. The number of nitrogens with zero attached hydrogens (tertiary/aromatic N) is 2. The Kier molecular flexibility index (Phi) is 6.68. The topological polar surface area (TPSA) is 57.7 Å². The lowest BCUT2D eigenvalue weighted by molar-refractivity contribution is -0.134. The number of sulfonamides is 1. The number of likely N-dealkylation sites (tertiary alicyclic amines) is 1. The highest BCUT2D eigenvalue weighted by atomic mass is 35.5. The fourth-order valence-corrected chi connectivity index (χ4v) is 4.31. The number of anilines is 1. The van der Waals surface area contributed by atoms with E-state index < -0.39 is 15.8 Å². The number of hydrogen-bond acceptors (Lipinski definition) is 3. The Hall–Kier alpha value is -1.34. The summed E-state index contributed by atoms with van der Waals surface area (Å²) < 4.78 is 38.6. The summed E-state index contributed by atoms with van der Waals surface area (Å²) in [6, 6.07) is 3.96. The molecule has 0 aliphatic carbocycles. The third-order valence-corrected chi connectivity index (χ3v) is 6.02. The van der Waals surface area contributed by atoms with E-state index in [-0.39, 0.29) is 35.6 Å². The Morgan fingerprint density at radius 3 is 2.72 bits per heavy atom. The van der Waals surface area contributed by atoms with Crippen LogP contribution in [-0.4, -0.2) is 44.6 Å². The molecular weight excluding hydrogens is 367 g/mol. The van der Waals surface area contributed by atoms with Gasteiger partial charge in [-0.25, -0.2) is 12.8 Å². The molecule has 0 spiro atoms. The van der Waals surface area contributed by atoms with Crippen molar-refractivity contribution in [3.8, 4) is 0 Å². The molecule has 1 aromatic rings. The molecule has 1 fully saturated rings. The summed E-state index contributed by atoms with van der Waals surface area (Å²) in [7, 11) is -3.61. The molecular formula is C17H24ClFN2O3S. The summed E-state index contributed by atoms with van der Waals surface area (Å²) in [5.41, 5.74) is 0.257. The number of carbonyl (C=O) groups is 1. The summed E-state index contributed by atoms with van der Waals surface area (Å²) in [5.74, 6) is -0.664. The minimum Gasteiger partial charge on any atom is -0.340 e. The van der Waals surface area contributed by atoms with Crippen LogP contribution in [0.5, 0.6) is 0 Å². The number of amides is 1. The molecule has 0 bridgehead atoms. The highest BCUT2D eigenvalue weighted by Gasteiger charge is 2.27. The Labute approximate surface area is 153 Å². The zero-order valence-corrected chi connectivity index (χ0v) is 16.1. The van der Waals surface area contributed by atoms with Gasteiger partial charge < -0.3 is 4.90 Å². The lowest BCUT2D eigenvalue weighted by Crippen LogP contribution is -2.44. The number of hydrogen-bond donors (Lipinski definition) is 0. The number of halogens is 2. The maximum absolute atomic E-state index is 13.3. The monoisotopic (exact) mass is 390 g/mol. The zero-order valence-electron chi connectivity index (χ0n) is 14.5. The molecule has 0 aromatic heterocycles. The van der Waals surface area contributed by atoms with E-state index in [1.165, 1.54) is 12.1 Å². The quantitative estimate of drug-likeness (QED) is 0.747. The predicted molar refractivity (Wildman–Crippen MR) is 97.9 cm³/mol. The molecule has 1 heterocycles. The van der Waals surface area contributed by atoms with Crippen LogP contribution in [0.2, 0.25) is 5.02 Å². The SMILES string of the molecule is CCC1CCCCN1C(=O)CCN(c1ccc(F)c(Cl)c1)S(C)(=O)=O. The van der Waals surface area contributed by atoms with E-state index in [1.807, 2.05) is 4.90 Å². The molecule has 1 aliphatic rings. The smallest absolute Gasteiger partial charge is 0.232 e. The van der Waals surface area contributed by atoms with Crippen LogP contribution in [0.25, 0.3) is 0 Å².